The minimum atomic E-state index is -3.62. The Morgan fingerprint density at radius 3 is 2.80 bits per heavy atom. The largest absolute Gasteiger partial charge is 0.452 e. The zero-order valence-corrected chi connectivity index (χ0v) is 12.9. The second kappa shape index (κ2) is 6.49. The molecule has 108 valence electrons. The van der Waals surface area contributed by atoms with Gasteiger partial charge in [0.25, 0.3) is 0 Å². The van der Waals surface area contributed by atoms with Gasteiger partial charge in [-0.15, -0.1) is 0 Å². The number of sulfonamides is 1. The molecule has 8 heteroatoms. The summed E-state index contributed by atoms with van der Waals surface area (Å²) in [6.07, 6.45) is 2.18. The first-order valence-electron chi connectivity index (χ1n) is 5.91. The Hall–Kier alpha value is -1.22. The monoisotopic (exact) mass is 359 g/mol. The van der Waals surface area contributed by atoms with Crippen LogP contribution in [0.5, 0.6) is 0 Å². The van der Waals surface area contributed by atoms with Gasteiger partial charge in [0.05, 0.1) is 6.54 Å². The van der Waals surface area contributed by atoms with Crippen molar-refractivity contribution in [2.75, 3.05) is 6.54 Å². The second-order valence-corrected chi connectivity index (χ2v) is 6.48. The van der Waals surface area contributed by atoms with E-state index >= 15 is 0 Å². The van der Waals surface area contributed by atoms with Crippen LogP contribution >= 0.6 is 15.9 Å². The molecule has 0 bridgehead atoms. The van der Waals surface area contributed by atoms with Crippen LogP contribution in [-0.2, 0) is 23.0 Å². The highest BCUT2D eigenvalue weighted by molar-refractivity contribution is 9.10. The van der Waals surface area contributed by atoms with Crippen LogP contribution in [0.25, 0.3) is 0 Å². The molecule has 2 rings (SSSR count). The third-order valence-corrected chi connectivity index (χ3v) is 4.91. The summed E-state index contributed by atoms with van der Waals surface area (Å²) in [6.45, 7) is 0.400. The Bertz CT molecular complexity index is 671. The Morgan fingerprint density at radius 2 is 2.20 bits per heavy atom. The molecule has 3 N–H and O–H groups in total. The van der Waals surface area contributed by atoms with Crippen molar-refractivity contribution in [2.24, 2.45) is 5.73 Å². The van der Waals surface area contributed by atoms with Gasteiger partial charge in [0, 0.05) is 30.9 Å². The van der Waals surface area contributed by atoms with Crippen LogP contribution in [0.2, 0.25) is 0 Å². The SMILES string of the molecule is NCc1cc(S(=O)(=O)NCCc2ccccn2)c(Br)o1. The molecule has 0 unspecified atom stereocenters. The predicted octanol–water partition coefficient (Wildman–Crippen LogP) is 1.42. The highest BCUT2D eigenvalue weighted by Crippen LogP contribution is 2.25. The fraction of sp³-hybridized carbons (Fsp3) is 0.250. The third kappa shape index (κ3) is 3.66. The van der Waals surface area contributed by atoms with Gasteiger partial charge < -0.3 is 10.2 Å². The number of rotatable bonds is 6. The number of nitrogens with one attached hydrogen (secondary N) is 1. The molecule has 2 aromatic rings. The smallest absolute Gasteiger partial charge is 0.244 e. The highest BCUT2D eigenvalue weighted by atomic mass is 79.9. The lowest BCUT2D eigenvalue weighted by Crippen LogP contribution is -2.26. The molecule has 0 aromatic carbocycles. The zero-order chi connectivity index (χ0) is 14.6. The van der Waals surface area contributed by atoms with Gasteiger partial charge in [-0.05, 0) is 28.1 Å². The lowest BCUT2D eigenvalue weighted by atomic mass is 10.3. The van der Waals surface area contributed by atoms with Crippen molar-refractivity contribution < 1.29 is 12.8 Å². The summed E-state index contributed by atoms with van der Waals surface area (Å²) in [4.78, 5) is 4.18. The topological polar surface area (TPSA) is 98.2 Å². The van der Waals surface area contributed by atoms with E-state index in [1.165, 1.54) is 6.07 Å². The van der Waals surface area contributed by atoms with E-state index in [4.69, 9.17) is 10.2 Å². The highest BCUT2D eigenvalue weighted by Gasteiger charge is 2.21. The number of nitrogens with zero attached hydrogens (tertiary/aromatic N) is 1. The van der Waals surface area contributed by atoms with E-state index in [1.807, 2.05) is 18.2 Å². The summed E-state index contributed by atoms with van der Waals surface area (Å²) in [5.41, 5.74) is 6.24. The number of nitrogens with two attached hydrogens (primary N) is 1. The number of aromatic nitrogens is 1. The minimum Gasteiger partial charge on any atom is -0.452 e. The maximum Gasteiger partial charge on any atom is 0.244 e. The van der Waals surface area contributed by atoms with Crippen molar-refractivity contribution in [1.29, 1.82) is 0 Å². The number of pyridine rings is 1. The molecule has 2 aromatic heterocycles. The van der Waals surface area contributed by atoms with Crippen molar-refractivity contribution in [3.63, 3.8) is 0 Å². The van der Waals surface area contributed by atoms with E-state index in [1.54, 1.807) is 6.20 Å². The van der Waals surface area contributed by atoms with Crippen molar-refractivity contribution in [1.82, 2.24) is 9.71 Å². The van der Waals surface area contributed by atoms with Crippen molar-refractivity contribution >= 4 is 26.0 Å². The summed E-state index contributed by atoms with van der Waals surface area (Å²) >= 11 is 3.08. The molecule has 0 aliphatic carbocycles. The van der Waals surface area contributed by atoms with E-state index in [-0.39, 0.29) is 22.7 Å². The zero-order valence-electron chi connectivity index (χ0n) is 10.5. The Labute approximate surface area is 125 Å². The van der Waals surface area contributed by atoms with E-state index in [0.29, 0.717) is 12.2 Å². The van der Waals surface area contributed by atoms with Gasteiger partial charge in [-0.2, -0.15) is 0 Å². The van der Waals surface area contributed by atoms with Gasteiger partial charge in [0.15, 0.2) is 4.67 Å². The van der Waals surface area contributed by atoms with E-state index in [0.717, 1.165) is 5.69 Å². The van der Waals surface area contributed by atoms with Crippen LogP contribution in [0, 0.1) is 0 Å². The fourth-order valence-corrected chi connectivity index (χ4v) is 3.65. The molecule has 0 saturated carbocycles. The molecule has 0 aliphatic heterocycles. The molecule has 20 heavy (non-hydrogen) atoms. The molecule has 0 atom stereocenters. The minimum absolute atomic E-state index is 0.0546. The van der Waals surface area contributed by atoms with E-state index in [2.05, 4.69) is 25.6 Å². The molecule has 0 radical (unpaired) electrons. The van der Waals surface area contributed by atoms with E-state index < -0.39 is 10.0 Å². The van der Waals surface area contributed by atoms with Gasteiger partial charge in [0.1, 0.15) is 10.7 Å². The Morgan fingerprint density at radius 1 is 1.40 bits per heavy atom. The van der Waals surface area contributed by atoms with Gasteiger partial charge in [-0.1, -0.05) is 6.07 Å². The predicted molar refractivity (Wildman–Crippen MR) is 77.4 cm³/mol. The lowest BCUT2D eigenvalue weighted by molar-refractivity contribution is 0.483. The fourth-order valence-electron chi connectivity index (χ4n) is 1.62. The van der Waals surface area contributed by atoms with E-state index in [9.17, 15) is 8.42 Å². The second-order valence-electron chi connectivity index (χ2n) is 4.02. The summed E-state index contributed by atoms with van der Waals surface area (Å²) in [5, 5.41) is 0. The van der Waals surface area contributed by atoms with Crippen molar-refractivity contribution in [3.05, 3.63) is 46.6 Å². The van der Waals surface area contributed by atoms with Crippen molar-refractivity contribution in [3.8, 4) is 0 Å². The average Bonchev–Trinajstić information content (AvgIpc) is 2.82. The summed E-state index contributed by atoms with van der Waals surface area (Å²) < 4.78 is 32.1. The summed E-state index contributed by atoms with van der Waals surface area (Å²) in [6, 6.07) is 6.92. The quantitative estimate of drug-likeness (QED) is 0.812. The van der Waals surface area contributed by atoms with Crippen molar-refractivity contribution in [2.45, 2.75) is 17.9 Å². The first-order chi connectivity index (χ1) is 9.53. The van der Waals surface area contributed by atoms with Crippen LogP contribution in [0.1, 0.15) is 11.5 Å². The Balaban J connectivity index is 2.02. The first kappa shape index (κ1) is 15.2. The maximum absolute atomic E-state index is 12.1. The number of hydrogen-bond donors (Lipinski definition) is 2. The van der Waals surface area contributed by atoms with Crippen LogP contribution in [-0.4, -0.2) is 19.9 Å². The third-order valence-electron chi connectivity index (χ3n) is 2.60. The van der Waals surface area contributed by atoms with Gasteiger partial charge in [-0.25, -0.2) is 13.1 Å². The molecule has 0 fully saturated rings. The molecule has 0 aliphatic rings. The number of furan rings is 1. The molecule has 0 amide bonds. The molecular formula is C12H14BrN3O3S. The average molecular weight is 360 g/mol. The first-order valence-corrected chi connectivity index (χ1v) is 8.18. The van der Waals surface area contributed by atoms with Crippen LogP contribution in [0.4, 0.5) is 0 Å². The maximum atomic E-state index is 12.1. The summed E-state index contributed by atoms with van der Waals surface area (Å²) in [5.74, 6) is 0.405. The molecule has 0 spiro atoms. The molecule has 0 saturated heterocycles. The molecule has 6 nitrogen and oxygen atoms in total. The van der Waals surface area contributed by atoms with Gasteiger partial charge in [-0.3, -0.25) is 4.98 Å². The molecular weight excluding hydrogens is 346 g/mol. The lowest BCUT2D eigenvalue weighted by Gasteiger charge is -2.04. The van der Waals surface area contributed by atoms with Crippen LogP contribution in [0.15, 0.2) is 44.4 Å². The van der Waals surface area contributed by atoms with Gasteiger partial charge >= 0.3 is 0 Å². The normalized spacial score (nSPS) is 11.7. The number of halogens is 1. The number of hydrogen-bond acceptors (Lipinski definition) is 5. The van der Waals surface area contributed by atoms with Crippen LogP contribution in [0.3, 0.4) is 0 Å². The van der Waals surface area contributed by atoms with Crippen LogP contribution < -0.4 is 10.5 Å². The molecule has 2 heterocycles. The van der Waals surface area contributed by atoms with Gasteiger partial charge in [0.2, 0.25) is 10.0 Å². The summed E-state index contributed by atoms with van der Waals surface area (Å²) in [7, 11) is -3.62. The standard InChI is InChI=1S/C12H14BrN3O3S/c13-12-11(7-10(8-14)19-12)20(17,18)16-6-4-9-3-1-2-5-15-9/h1-3,5,7,16H,4,6,8,14H2. The Kier molecular flexibility index (Phi) is 4.92.